The SMILES string of the molecule is Cc1ncc(CO)c(/C=N/NC(=O)c2ccccc2O)c1O. The molecule has 0 bridgehead atoms. The fraction of sp³-hybridized carbons (Fsp3) is 0.133. The van der Waals surface area contributed by atoms with Crippen LogP contribution in [-0.2, 0) is 6.61 Å². The summed E-state index contributed by atoms with van der Waals surface area (Å²) < 4.78 is 0. The predicted octanol–water partition coefficient (Wildman–Crippen LogP) is 1.06. The fourth-order valence-corrected chi connectivity index (χ4v) is 1.80. The number of pyridine rings is 1. The minimum atomic E-state index is -0.592. The summed E-state index contributed by atoms with van der Waals surface area (Å²) in [6.07, 6.45) is 2.63. The number of hydrogen-bond acceptors (Lipinski definition) is 6. The summed E-state index contributed by atoms with van der Waals surface area (Å²) in [5.41, 5.74) is 3.35. The van der Waals surface area contributed by atoms with Gasteiger partial charge < -0.3 is 15.3 Å². The zero-order chi connectivity index (χ0) is 16.1. The van der Waals surface area contributed by atoms with Crippen molar-refractivity contribution in [3.63, 3.8) is 0 Å². The number of phenolic OH excluding ortho intramolecular Hbond substituents is 1. The number of benzene rings is 1. The Hall–Kier alpha value is -2.93. The van der Waals surface area contributed by atoms with E-state index in [9.17, 15) is 20.1 Å². The number of phenols is 1. The van der Waals surface area contributed by atoms with Crippen molar-refractivity contribution < 1.29 is 20.1 Å². The summed E-state index contributed by atoms with van der Waals surface area (Å²) in [5.74, 6) is -0.869. The molecule has 0 atom stereocenters. The van der Waals surface area contributed by atoms with Crippen LogP contribution in [0, 0.1) is 6.92 Å². The maximum atomic E-state index is 11.9. The minimum absolute atomic E-state index is 0.0807. The van der Waals surface area contributed by atoms with Crippen molar-refractivity contribution in [2.45, 2.75) is 13.5 Å². The van der Waals surface area contributed by atoms with Crippen molar-refractivity contribution in [3.8, 4) is 11.5 Å². The number of amides is 1. The molecule has 0 saturated heterocycles. The number of aromatic hydroxyl groups is 2. The monoisotopic (exact) mass is 301 g/mol. The van der Waals surface area contributed by atoms with Gasteiger partial charge in [0.1, 0.15) is 11.5 Å². The first kappa shape index (κ1) is 15.5. The van der Waals surface area contributed by atoms with Gasteiger partial charge in [0.25, 0.3) is 5.91 Å². The van der Waals surface area contributed by atoms with Gasteiger partial charge in [0, 0.05) is 17.3 Å². The van der Waals surface area contributed by atoms with E-state index in [0.29, 0.717) is 11.3 Å². The molecule has 1 amide bonds. The largest absolute Gasteiger partial charge is 0.507 e. The Kier molecular flexibility index (Phi) is 4.70. The van der Waals surface area contributed by atoms with Crippen LogP contribution in [0.15, 0.2) is 35.6 Å². The molecule has 2 rings (SSSR count). The number of nitrogens with zero attached hydrogens (tertiary/aromatic N) is 2. The molecule has 0 spiro atoms. The van der Waals surface area contributed by atoms with Gasteiger partial charge in [-0.25, -0.2) is 5.43 Å². The van der Waals surface area contributed by atoms with Gasteiger partial charge in [-0.05, 0) is 19.1 Å². The van der Waals surface area contributed by atoms with E-state index in [0.717, 1.165) is 0 Å². The van der Waals surface area contributed by atoms with Gasteiger partial charge in [-0.3, -0.25) is 9.78 Å². The van der Waals surface area contributed by atoms with Gasteiger partial charge in [0.05, 0.1) is 24.1 Å². The summed E-state index contributed by atoms with van der Waals surface area (Å²) in [6.45, 7) is 1.28. The van der Waals surface area contributed by atoms with E-state index in [-0.39, 0.29) is 29.2 Å². The number of carbonyl (C=O) groups is 1. The van der Waals surface area contributed by atoms with Crippen LogP contribution in [0.1, 0.15) is 27.2 Å². The lowest BCUT2D eigenvalue weighted by molar-refractivity contribution is 0.0952. The average Bonchev–Trinajstić information content (AvgIpc) is 2.52. The van der Waals surface area contributed by atoms with Crippen LogP contribution in [0.4, 0.5) is 0 Å². The van der Waals surface area contributed by atoms with Gasteiger partial charge in [-0.2, -0.15) is 5.10 Å². The van der Waals surface area contributed by atoms with Crippen molar-refractivity contribution in [2.24, 2.45) is 5.10 Å². The van der Waals surface area contributed by atoms with E-state index in [1.165, 1.54) is 24.5 Å². The molecule has 0 unspecified atom stereocenters. The molecule has 7 heteroatoms. The molecule has 0 aliphatic heterocycles. The highest BCUT2D eigenvalue weighted by molar-refractivity contribution is 5.97. The van der Waals surface area contributed by atoms with Crippen molar-refractivity contribution >= 4 is 12.1 Å². The number of nitrogens with one attached hydrogen (secondary N) is 1. The molecular formula is C15H15N3O4. The molecule has 2 aromatic rings. The summed E-state index contributed by atoms with van der Waals surface area (Å²) in [4.78, 5) is 15.8. The molecule has 1 aromatic carbocycles. The molecule has 0 radical (unpaired) electrons. The highest BCUT2D eigenvalue weighted by Gasteiger charge is 2.11. The van der Waals surface area contributed by atoms with Crippen LogP contribution in [0.3, 0.4) is 0 Å². The van der Waals surface area contributed by atoms with Crippen LogP contribution in [-0.4, -0.2) is 32.4 Å². The quantitative estimate of drug-likeness (QED) is 0.498. The molecule has 7 nitrogen and oxygen atoms in total. The molecule has 0 fully saturated rings. The molecule has 0 aliphatic rings. The first-order chi connectivity index (χ1) is 10.5. The van der Waals surface area contributed by atoms with Crippen molar-refractivity contribution in [3.05, 3.63) is 52.8 Å². The zero-order valence-electron chi connectivity index (χ0n) is 11.8. The van der Waals surface area contributed by atoms with E-state index in [4.69, 9.17) is 0 Å². The average molecular weight is 301 g/mol. The van der Waals surface area contributed by atoms with Crippen molar-refractivity contribution in [2.75, 3.05) is 0 Å². The van der Waals surface area contributed by atoms with Gasteiger partial charge in [0.15, 0.2) is 0 Å². The number of rotatable bonds is 4. The van der Waals surface area contributed by atoms with Crippen LogP contribution >= 0.6 is 0 Å². The molecule has 1 aromatic heterocycles. The minimum Gasteiger partial charge on any atom is -0.507 e. The molecule has 0 aliphatic carbocycles. The summed E-state index contributed by atoms with van der Waals surface area (Å²) in [6, 6.07) is 6.05. The molecule has 1 heterocycles. The second-order valence-electron chi connectivity index (χ2n) is 4.51. The second kappa shape index (κ2) is 6.68. The Bertz CT molecular complexity index is 729. The molecule has 114 valence electrons. The molecule has 4 N–H and O–H groups in total. The Morgan fingerprint density at radius 2 is 2.09 bits per heavy atom. The lowest BCUT2D eigenvalue weighted by atomic mass is 10.1. The predicted molar refractivity (Wildman–Crippen MR) is 79.7 cm³/mol. The topological polar surface area (TPSA) is 115 Å². The maximum Gasteiger partial charge on any atom is 0.275 e. The van der Waals surface area contributed by atoms with E-state index >= 15 is 0 Å². The van der Waals surface area contributed by atoms with Gasteiger partial charge in [-0.15, -0.1) is 0 Å². The van der Waals surface area contributed by atoms with E-state index < -0.39 is 5.91 Å². The summed E-state index contributed by atoms with van der Waals surface area (Å²) in [7, 11) is 0. The molecular weight excluding hydrogens is 286 g/mol. The van der Waals surface area contributed by atoms with E-state index in [1.54, 1.807) is 19.1 Å². The van der Waals surface area contributed by atoms with E-state index in [2.05, 4.69) is 15.5 Å². The number of aliphatic hydroxyl groups is 1. The van der Waals surface area contributed by atoms with Gasteiger partial charge in [0.2, 0.25) is 0 Å². The lowest BCUT2D eigenvalue weighted by Crippen LogP contribution is -2.17. The Labute approximate surface area is 126 Å². The number of aliphatic hydroxyl groups excluding tert-OH is 1. The Balaban J connectivity index is 2.19. The third-order valence-electron chi connectivity index (χ3n) is 3.04. The third-order valence-corrected chi connectivity index (χ3v) is 3.04. The van der Waals surface area contributed by atoms with Crippen LogP contribution < -0.4 is 5.43 Å². The first-order valence-corrected chi connectivity index (χ1v) is 6.44. The van der Waals surface area contributed by atoms with E-state index in [1.807, 2.05) is 0 Å². The van der Waals surface area contributed by atoms with Crippen LogP contribution in [0.5, 0.6) is 11.5 Å². The third kappa shape index (κ3) is 3.21. The normalized spacial score (nSPS) is 10.8. The van der Waals surface area contributed by atoms with Crippen molar-refractivity contribution in [1.29, 1.82) is 0 Å². The fourth-order valence-electron chi connectivity index (χ4n) is 1.80. The highest BCUT2D eigenvalue weighted by atomic mass is 16.3. The number of aromatic nitrogens is 1. The zero-order valence-corrected chi connectivity index (χ0v) is 11.8. The van der Waals surface area contributed by atoms with Crippen LogP contribution in [0.2, 0.25) is 0 Å². The number of hydrogen-bond donors (Lipinski definition) is 4. The summed E-state index contributed by atoms with van der Waals surface area (Å²) >= 11 is 0. The standard InChI is InChI=1S/C15H15N3O4/c1-9-14(21)12(10(8-19)6-16-9)7-17-18-15(22)11-4-2-3-5-13(11)20/h2-7,19-21H,8H2,1H3,(H,18,22)/b17-7+. The smallest absolute Gasteiger partial charge is 0.275 e. The lowest BCUT2D eigenvalue weighted by Gasteiger charge is -2.07. The first-order valence-electron chi connectivity index (χ1n) is 6.44. The Morgan fingerprint density at radius 3 is 2.77 bits per heavy atom. The van der Waals surface area contributed by atoms with Gasteiger partial charge in [-0.1, -0.05) is 12.1 Å². The second-order valence-corrected chi connectivity index (χ2v) is 4.51. The number of para-hydroxylation sites is 1. The maximum absolute atomic E-state index is 11.9. The molecule has 22 heavy (non-hydrogen) atoms. The Morgan fingerprint density at radius 1 is 1.36 bits per heavy atom. The number of carbonyl (C=O) groups excluding carboxylic acids is 1. The van der Waals surface area contributed by atoms with Crippen LogP contribution in [0.25, 0.3) is 0 Å². The molecule has 0 saturated carbocycles. The summed E-state index contributed by atoms with van der Waals surface area (Å²) in [5, 5.41) is 32.4. The number of aryl methyl sites for hydroxylation is 1. The number of hydrazone groups is 1. The highest BCUT2D eigenvalue weighted by Crippen LogP contribution is 2.21. The van der Waals surface area contributed by atoms with Crippen molar-refractivity contribution in [1.82, 2.24) is 10.4 Å². The van der Waals surface area contributed by atoms with Gasteiger partial charge >= 0.3 is 0 Å².